The number of nitrogens with zero attached hydrogens (tertiary/aromatic N) is 1. The van der Waals surface area contributed by atoms with E-state index in [0.29, 0.717) is 31.9 Å². The Morgan fingerprint density at radius 1 is 1.21 bits per heavy atom. The molecule has 3 rings (SSSR count). The van der Waals surface area contributed by atoms with Gasteiger partial charge in [-0.3, -0.25) is 9.59 Å². The highest BCUT2D eigenvalue weighted by Crippen LogP contribution is 2.20. The van der Waals surface area contributed by atoms with Gasteiger partial charge in [-0.2, -0.15) is 0 Å². The van der Waals surface area contributed by atoms with Crippen molar-refractivity contribution in [1.29, 1.82) is 0 Å². The van der Waals surface area contributed by atoms with Crippen LogP contribution in [0.25, 0.3) is 0 Å². The highest BCUT2D eigenvalue weighted by atomic mass is 32.2. The number of piperazine rings is 1. The number of nitrogens with one attached hydrogen (secondary N) is 2. The third-order valence-corrected chi connectivity index (χ3v) is 6.79. The number of rotatable bonds is 6. The molecule has 7 nitrogen and oxygen atoms in total. The summed E-state index contributed by atoms with van der Waals surface area (Å²) < 4.78 is 23.7. The molecule has 0 bridgehead atoms. The Bertz CT molecular complexity index is 728. The van der Waals surface area contributed by atoms with Crippen molar-refractivity contribution in [2.75, 3.05) is 65.8 Å². The summed E-state index contributed by atoms with van der Waals surface area (Å²) in [6.45, 7) is 5.90. The first-order chi connectivity index (χ1) is 14.0. The van der Waals surface area contributed by atoms with Gasteiger partial charge in [0.15, 0.2) is 6.54 Å². The number of amides is 1. The molecule has 0 radical (unpaired) electrons. The van der Waals surface area contributed by atoms with E-state index in [1.54, 1.807) is 35.9 Å². The number of carbonyl (C=O) groups is 2. The number of esters is 1. The van der Waals surface area contributed by atoms with Gasteiger partial charge in [0.25, 0.3) is 5.91 Å². The van der Waals surface area contributed by atoms with E-state index in [0.717, 1.165) is 37.5 Å². The Morgan fingerprint density at radius 2 is 1.93 bits per heavy atom. The fourth-order valence-electron chi connectivity index (χ4n) is 3.94. The van der Waals surface area contributed by atoms with E-state index in [-0.39, 0.29) is 22.9 Å². The third kappa shape index (κ3) is 5.83. The van der Waals surface area contributed by atoms with E-state index in [4.69, 9.17) is 9.47 Å². The Hall–Kier alpha value is -1.84. The van der Waals surface area contributed by atoms with Gasteiger partial charge in [-0.05, 0) is 18.2 Å². The van der Waals surface area contributed by atoms with E-state index in [9.17, 15) is 14.0 Å². The maximum atomic E-state index is 13.6. The van der Waals surface area contributed by atoms with Gasteiger partial charge in [0.05, 0.1) is 19.8 Å². The standard InChI is InChI=1S/C20H28FN3O4S/c1-27-17-4-3-16(21)11-15(17)12-22-5-7-23(8-6-22)14-19(25)24-9-10-29-18(13-24)20(26)28-2/h3-4,11,18H,5-10,12-14H2,1-2H3/p+2/t18-/m0/s1. The molecule has 2 saturated heterocycles. The fourth-order valence-corrected chi connectivity index (χ4v) is 5.07. The molecular weight excluding hydrogens is 397 g/mol. The lowest BCUT2D eigenvalue weighted by atomic mass is 10.1. The molecule has 2 aliphatic heterocycles. The number of halogens is 1. The average Bonchev–Trinajstić information content (AvgIpc) is 2.75. The highest BCUT2D eigenvalue weighted by Gasteiger charge is 2.32. The zero-order chi connectivity index (χ0) is 20.8. The number of carbonyl (C=O) groups excluding carboxylic acids is 2. The molecular formula is C20H30FN3O4S+2. The molecule has 0 spiro atoms. The van der Waals surface area contributed by atoms with Crippen LogP contribution in [0.2, 0.25) is 0 Å². The molecule has 2 N–H and O–H groups in total. The lowest BCUT2D eigenvalue weighted by Gasteiger charge is -2.33. The second-order valence-electron chi connectivity index (χ2n) is 7.53. The largest absolute Gasteiger partial charge is 0.496 e. The van der Waals surface area contributed by atoms with Crippen LogP contribution in [0, 0.1) is 5.82 Å². The van der Waals surface area contributed by atoms with Crippen LogP contribution < -0.4 is 14.5 Å². The van der Waals surface area contributed by atoms with Crippen LogP contribution in [0.1, 0.15) is 5.56 Å². The molecule has 2 fully saturated rings. The van der Waals surface area contributed by atoms with Crippen molar-refractivity contribution in [3.63, 3.8) is 0 Å². The predicted octanol–water partition coefficient (Wildman–Crippen LogP) is -1.77. The van der Waals surface area contributed by atoms with Crippen molar-refractivity contribution >= 4 is 23.6 Å². The summed E-state index contributed by atoms with van der Waals surface area (Å²) >= 11 is 1.55. The molecule has 160 valence electrons. The summed E-state index contributed by atoms with van der Waals surface area (Å²) in [4.78, 5) is 28.9. The van der Waals surface area contributed by atoms with E-state index in [1.165, 1.54) is 23.0 Å². The summed E-state index contributed by atoms with van der Waals surface area (Å²) in [5, 5.41) is -0.282. The second-order valence-corrected chi connectivity index (χ2v) is 8.84. The first-order valence-corrected chi connectivity index (χ1v) is 11.0. The summed E-state index contributed by atoms with van der Waals surface area (Å²) in [6, 6.07) is 4.62. The maximum Gasteiger partial charge on any atom is 0.320 e. The molecule has 1 amide bonds. The number of hydrogen-bond donors (Lipinski definition) is 2. The van der Waals surface area contributed by atoms with Gasteiger partial charge in [-0.1, -0.05) is 0 Å². The molecule has 1 aromatic rings. The van der Waals surface area contributed by atoms with Crippen LogP contribution in [-0.2, 0) is 20.9 Å². The van der Waals surface area contributed by atoms with Crippen molar-refractivity contribution < 1.29 is 33.3 Å². The average molecular weight is 428 g/mol. The molecule has 0 saturated carbocycles. The zero-order valence-corrected chi connectivity index (χ0v) is 17.9. The third-order valence-electron chi connectivity index (χ3n) is 5.63. The number of ether oxygens (including phenoxy) is 2. The molecule has 2 heterocycles. The SMILES string of the molecule is COC(=O)[C@@H]1CN(C(=O)C[NH+]2CC[NH+](Cc3cc(F)ccc3OC)CC2)CCS1. The van der Waals surface area contributed by atoms with Crippen LogP contribution in [0.4, 0.5) is 4.39 Å². The van der Waals surface area contributed by atoms with Crippen LogP contribution in [0.15, 0.2) is 18.2 Å². The number of hydrogen-bond acceptors (Lipinski definition) is 5. The van der Waals surface area contributed by atoms with Gasteiger partial charge in [0.2, 0.25) is 0 Å². The number of methoxy groups -OCH3 is 2. The quantitative estimate of drug-likeness (QED) is 0.527. The van der Waals surface area contributed by atoms with Gasteiger partial charge in [-0.25, -0.2) is 4.39 Å². The van der Waals surface area contributed by atoms with Crippen molar-refractivity contribution in [3.8, 4) is 5.75 Å². The van der Waals surface area contributed by atoms with Crippen LogP contribution >= 0.6 is 11.8 Å². The number of benzene rings is 1. The van der Waals surface area contributed by atoms with Crippen molar-refractivity contribution in [2.45, 2.75) is 11.8 Å². The number of quaternary nitrogens is 2. The molecule has 0 aromatic heterocycles. The predicted molar refractivity (Wildman–Crippen MR) is 108 cm³/mol. The first kappa shape index (κ1) is 21.9. The van der Waals surface area contributed by atoms with Gasteiger partial charge in [0, 0.05) is 18.8 Å². The molecule has 2 aliphatic rings. The Kier molecular flexibility index (Phi) is 7.74. The van der Waals surface area contributed by atoms with Gasteiger partial charge >= 0.3 is 5.97 Å². The van der Waals surface area contributed by atoms with Gasteiger partial charge in [-0.15, -0.1) is 11.8 Å². The molecule has 29 heavy (non-hydrogen) atoms. The number of thioether (sulfide) groups is 1. The van der Waals surface area contributed by atoms with E-state index in [1.807, 2.05) is 0 Å². The molecule has 0 unspecified atom stereocenters. The van der Waals surface area contributed by atoms with Crippen molar-refractivity contribution in [2.24, 2.45) is 0 Å². The van der Waals surface area contributed by atoms with Crippen LogP contribution in [-0.4, -0.2) is 87.8 Å². The monoisotopic (exact) mass is 427 g/mol. The minimum absolute atomic E-state index is 0.101. The van der Waals surface area contributed by atoms with Crippen molar-refractivity contribution in [1.82, 2.24) is 4.90 Å². The highest BCUT2D eigenvalue weighted by molar-refractivity contribution is 8.00. The smallest absolute Gasteiger partial charge is 0.320 e. The Labute approximate surface area is 175 Å². The first-order valence-electron chi connectivity index (χ1n) is 9.97. The summed E-state index contributed by atoms with van der Waals surface area (Å²) in [6.07, 6.45) is 0. The molecule has 0 aliphatic carbocycles. The molecule has 1 aromatic carbocycles. The second kappa shape index (κ2) is 10.3. The maximum absolute atomic E-state index is 13.6. The topological polar surface area (TPSA) is 64.7 Å². The van der Waals surface area contributed by atoms with E-state index in [2.05, 4.69) is 0 Å². The summed E-state index contributed by atoms with van der Waals surface area (Å²) in [5.41, 5.74) is 0.877. The van der Waals surface area contributed by atoms with Gasteiger partial charge in [0.1, 0.15) is 49.5 Å². The Morgan fingerprint density at radius 3 is 2.62 bits per heavy atom. The minimum Gasteiger partial charge on any atom is -0.496 e. The lowest BCUT2D eigenvalue weighted by Crippen LogP contribution is -3.28. The molecule has 9 heteroatoms. The molecule has 1 atom stereocenters. The zero-order valence-electron chi connectivity index (χ0n) is 17.0. The van der Waals surface area contributed by atoms with Crippen molar-refractivity contribution in [3.05, 3.63) is 29.6 Å². The summed E-state index contributed by atoms with van der Waals surface area (Å²) in [5.74, 6) is 1.06. The summed E-state index contributed by atoms with van der Waals surface area (Å²) in [7, 11) is 2.98. The minimum atomic E-state index is -0.282. The van der Waals surface area contributed by atoms with Crippen LogP contribution in [0.5, 0.6) is 5.75 Å². The lowest BCUT2D eigenvalue weighted by molar-refractivity contribution is -1.02. The van der Waals surface area contributed by atoms with E-state index >= 15 is 0 Å². The van der Waals surface area contributed by atoms with Crippen LogP contribution in [0.3, 0.4) is 0 Å². The van der Waals surface area contributed by atoms with E-state index < -0.39 is 0 Å². The normalized spacial score (nSPS) is 24.8. The fraction of sp³-hybridized carbons (Fsp3) is 0.600. The Balaban J connectivity index is 1.47. The van der Waals surface area contributed by atoms with Gasteiger partial charge < -0.3 is 24.2 Å².